The second kappa shape index (κ2) is 5.51. The van der Waals surface area contributed by atoms with Crippen LogP contribution in [0.5, 0.6) is 0 Å². The third-order valence-corrected chi connectivity index (χ3v) is 2.42. The van der Waals surface area contributed by atoms with Gasteiger partial charge in [-0.3, -0.25) is 0 Å². The Morgan fingerprint density at radius 1 is 1.38 bits per heavy atom. The molecule has 0 aliphatic rings. The van der Waals surface area contributed by atoms with Gasteiger partial charge in [-0.25, -0.2) is 0 Å². The van der Waals surface area contributed by atoms with E-state index in [0.29, 0.717) is 0 Å². The van der Waals surface area contributed by atoms with Gasteiger partial charge in [0.15, 0.2) is 0 Å². The van der Waals surface area contributed by atoms with E-state index in [1.165, 1.54) is 12.0 Å². The van der Waals surface area contributed by atoms with Crippen molar-refractivity contribution in [1.29, 1.82) is 0 Å². The van der Waals surface area contributed by atoms with E-state index in [4.69, 9.17) is 4.52 Å². The maximum absolute atomic E-state index is 4.76. The van der Waals surface area contributed by atoms with Gasteiger partial charge in [-0.2, -0.15) is 0 Å². The van der Waals surface area contributed by atoms with E-state index in [1.54, 1.807) is 6.26 Å². The molecule has 0 fully saturated rings. The van der Waals surface area contributed by atoms with Crippen molar-refractivity contribution in [2.75, 3.05) is 0 Å². The Bertz CT molecular complexity index is 406. The molecule has 2 rings (SSSR count). The van der Waals surface area contributed by atoms with Gasteiger partial charge in [0.2, 0.25) is 0 Å². The van der Waals surface area contributed by atoms with Crippen molar-refractivity contribution in [2.45, 2.75) is 33.0 Å². The van der Waals surface area contributed by atoms with Gasteiger partial charge < -0.3 is 14.4 Å². The van der Waals surface area contributed by atoms with Crippen LogP contribution in [0.15, 0.2) is 35.3 Å². The fraction of sp³-hybridized carbons (Fsp3) is 0.417. The van der Waals surface area contributed by atoms with Crippen molar-refractivity contribution in [3.63, 3.8) is 0 Å². The van der Waals surface area contributed by atoms with Gasteiger partial charge in [0.25, 0.3) is 0 Å². The number of rotatable bonds is 6. The third kappa shape index (κ3) is 2.97. The molecule has 0 radical (unpaired) electrons. The Labute approximate surface area is 95.2 Å². The summed E-state index contributed by atoms with van der Waals surface area (Å²) in [5.74, 6) is 0. The highest BCUT2D eigenvalue weighted by molar-refractivity contribution is 5.10. The Morgan fingerprint density at radius 3 is 3.06 bits per heavy atom. The van der Waals surface area contributed by atoms with Crippen LogP contribution in [0.3, 0.4) is 0 Å². The molecule has 0 saturated heterocycles. The van der Waals surface area contributed by atoms with Crippen molar-refractivity contribution in [3.05, 3.63) is 42.0 Å². The van der Waals surface area contributed by atoms with Gasteiger partial charge in [0.1, 0.15) is 6.26 Å². The molecule has 2 aromatic heterocycles. The molecule has 0 amide bonds. The molecule has 2 heterocycles. The summed E-state index contributed by atoms with van der Waals surface area (Å²) < 4.78 is 6.97. The molecule has 1 N–H and O–H groups in total. The minimum absolute atomic E-state index is 0.745. The monoisotopic (exact) mass is 219 g/mol. The predicted molar refractivity (Wildman–Crippen MR) is 61.8 cm³/mol. The Kier molecular flexibility index (Phi) is 3.77. The van der Waals surface area contributed by atoms with Crippen LogP contribution in [-0.2, 0) is 19.6 Å². The molecule has 0 atom stereocenters. The fourth-order valence-corrected chi connectivity index (χ4v) is 1.66. The topological polar surface area (TPSA) is 43.0 Å². The van der Waals surface area contributed by atoms with E-state index >= 15 is 0 Å². The van der Waals surface area contributed by atoms with Crippen molar-refractivity contribution in [2.24, 2.45) is 0 Å². The number of hydrogen-bond donors (Lipinski definition) is 1. The van der Waals surface area contributed by atoms with Crippen LogP contribution in [0.2, 0.25) is 0 Å². The van der Waals surface area contributed by atoms with Crippen LogP contribution in [0, 0.1) is 0 Å². The Balaban J connectivity index is 1.76. The predicted octanol–water partition coefficient (Wildman–Crippen LogP) is 2.18. The fourth-order valence-electron chi connectivity index (χ4n) is 1.66. The largest absolute Gasteiger partial charge is 0.364 e. The first-order valence-corrected chi connectivity index (χ1v) is 5.63. The molecular weight excluding hydrogens is 202 g/mol. The summed E-state index contributed by atoms with van der Waals surface area (Å²) in [6.45, 7) is 4.88. The van der Waals surface area contributed by atoms with Crippen LogP contribution < -0.4 is 5.32 Å². The molecule has 2 aromatic rings. The van der Waals surface area contributed by atoms with E-state index in [0.717, 1.165) is 25.3 Å². The highest BCUT2D eigenvalue weighted by Crippen LogP contribution is 2.02. The van der Waals surface area contributed by atoms with E-state index < -0.39 is 0 Å². The standard InChI is InChI=1S/C12H17N3O/c1-2-5-15-6-3-11(10-15)8-13-9-12-4-7-16-14-12/h3-4,6-7,10,13H,2,5,8-9H2,1H3. The summed E-state index contributed by atoms with van der Waals surface area (Å²) in [6.07, 6.45) is 7.06. The SMILES string of the molecule is CCCn1ccc(CNCc2ccon2)c1. The lowest BCUT2D eigenvalue weighted by atomic mass is 10.3. The second-order valence-corrected chi connectivity index (χ2v) is 3.85. The second-order valence-electron chi connectivity index (χ2n) is 3.85. The third-order valence-electron chi connectivity index (χ3n) is 2.42. The van der Waals surface area contributed by atoms with Crippen molar-refractivity contribution < 1.29 is 4.52 Å². The molecular formula is C12H17N3O. The molecule has 16 heavy (non-hydrogen) atoms. The maximum Gasteiger partial charge on any atom is 0.124 e. The molecule has 0 aliphatic carbocycles. The first kappa shape index (κ1) is 11.0. The van der Waals surface area contributed by atoms with Crippen molar-refractivity contribution in [1.82, 2.24) is 15.0 Å². The minimum atomic E-state index is 0.745. The molecule has 0 spiro atoms. The van der Waals surface area contributed by atoms with Gasteiger partial charge in [-0.1, -0.05) is 12.1 Å². The Morgan fingerprint density at radius 2 is 2.31 bits per heavy atom. The van der Waals surface area contributed by atoms with Crippen LogP contribution in [0.25, 0.3) is 0 Å². The molecule has 0 saturated carbocycles. The lowest BCUT2D eigenvalue weighted by Gasteiger charge is -2.00. The molecule has 0 unspecified atom stereocenters. The van der Waals surface area contributed by atoms with Crippen LogP contribution >= 0.6 is 0 Å². The summed E-state index contributed by atoms with van der Waals surface area (Å²) in [6, 6.07) is 4.01. The first-order valence-electron chi connectivity index (χ1n) is 5.63. The van der Waals surface area contributed by atoms with Crippen LogP contribution in [-0.4, -0.2) is 9.72 Å². The van der Waals surface area contributed by atoms with Gasteiger partial charge in [0.05, 0.1) is 5.69 Å². The van der Waals surface area contributed by atoms with Gasteiger partial charge in [-0.15, -0.1) is 0 Å². The number of nitrogens with one attached hydrogen (secondary N) is 1. The van der Waals surface area contributed by atoms with Crippen molar-refractivity contribution in [3.8, 4) is 0 Å². The molecule has 0 bridgehead atoms. The van der Waals surface area contributed by atoms with Crippen LogP contribution in [0.4, 0.5) is 0 Å². The van der Waals surface area contributed by atoms with E-state index in [1.807, 2.05) is 6.07 Å². The highest BCUT2D eigenvalue weighted by Gasteiger charge is 1.98. The number of hydrogen-bond acceptors (Lipinski definition) is 3. The summed E-state index contributed by atoms with van der Waals surface area (Å²) >= 11 is 0. The van der Waals surface area contributed by atoms with E-state index in [9.17, 15) is 0 Å². The smallest absolute Gasteiger partial charge is 0.124 e. The number of aromatic nitrogens is 2. The maximum atomic E-state index is 4.76. The zero-order chi connectivity index (χ0) is 11.2. The minimum Gasteiger partial charge on any atom is -0.364 e. The van der Waals surface area contributed by atoms with Crippen molar-refractivity contribution >= 4 is 0 Å². The highest BCUT2D eigenvalue weighted by atomic mass is 16.5. The first-order chi connectivity index (χ1) is 7.88. The van der Waals surface area contributed by atoms with E-state index in [-0.39, 0.29) is 0 Å². The van der Waals surface area contributed by atoms with Gasteiger partial charge in [-0.05, 0) is 18.1 Å². The Hall–Kier alpha value is -1.55. The van der Waals surface area contributed by atoms with E-state index in [2.05, 4.69) is 40.4 Å². The summed E-state index contributed by atoms with van der Waals surface area (Å²) in [4.78, 5) is 0. The molecule has 0 aliphatic heterocycles. The lowest BCUT2D eigenvalue weighted by molar-refractivity contribution is 0.408. The number of aryl methyl sites for hydroxylation is 1. The van der Waals surface area contributed by atoms with Crippen LogP contribution in [0.1, 0.15) is 24.6 Å². The zero-order valence-corrected chi connectivity index (χ0v) is 9.52. The molecule has 86 valence electrons. The molecule has 4 heteroatoms. The van der Waals surface area contributed by atoms with Gasteiger partial charge >= 0.3 is 0 Å². The lowest BCUT2D eigenvalue weighted by Crippen LogP contribution is -2.12. The van der Waals surface area contributed by atoms with Gasteiger partial charge in [0, 0.05) is 38.1 Å². The normalized spacial score (nSPS) is 10.8. The summed E-state index contributed by atoms with van der Waals surface area (Å²) in [7, 11) is 0. The quantitative estimate of drug-likeness (QED) is 0.809. The summed E-state index contributed by atoms with van der Waals surface area (Å²) in [5.41, 5.74) is 2.24. The molecule has 0 aromatic carbocycles. The zero-order valence-electron chi connectivity index (χ0n) is 9.52. The average molecular weight is 219 g/mol. The number of nitrogens with zero attached hydrogens (tertiary/aromatic N) is 2. The summed E-state index contributed by atoms with van der Waals surface area (Å²) in [5, 5.41) is 7.16. The molecule has 4 nitrogen and oxygen atoms in total. The average Bonchev–Trinajstić information content (AvgIpc) is 2.90.